The van der Waals surface area contributed by atoms with Gasteiger partial charge in [0.1, 0.15) is 24.2 Å². The molecular weight excluding hydrogens is 660 g/mol. The second kappa shape index (κ2) is 20.1. The molecule has 0 aliphatic heterocycles. The van der Waals surface area contributed by atoms with Gasteiger partial charge in [0.25, 0.3) is 0 Å². The fraction of sp³-hybridized carbons (Fsp3) is 0.641. The smallest absolute Gasteiger partial charge is 0.246 e. The van der Waals surface area contributed by atoms with E-state index in [1.165, 1.54) is 19.6 Å². The summed E-state index contributed by atoms with van der Waals surface area (Å²) in [7, 11) is 8.13. The molecular formula is C39H64N8O5. The van der Waals surface area contributed by atoms with E-state index in [0.29, 0.717) is 13.0 Å². The van der Waals surface area contributed by atoms with Crippen molar-refractivity contribution in [3.8, 4) is 0 Å². The van der Waals surface area contributed by atoms with Crippen LogP contribution in [-0.2, 0) is 36.8 Å². The summed E-state index contributed by atoms with van der Waals surface area (Å²) in [6.45, 7) is 15.5. The van der Waals surface area contributed by atoms with E-state index in [1.807, 2.05) is 85.7 Å². The second-order valence-corrected chi connectivity index (χ2v) is 15.2. The minimum absolute atomic E-state index is 0.000189. The van der Waals surface area contributed by atoms with Crippen molar-refractivity contribution in [2.75, 3.05) is 41.8 Å². The van der Waals surface area contributed by atoms with Crippen LogP contribution in [-0.4, -0.2) is 131 Å². The molecule has 52 heavy (non-hydrogen) atoms. The standard InChI is InChI=1S/C39H64N8O5/c1-24(2)31(40-9)37(50)46(12)34(27(7)8)39(52)47(13)33(26(5)6)38(51)44(10)30(21-28-17-15-14-16-18-28)36(49)45(11)32(25(3)4)35(48)42-20-19-29-22-41-23-43-29/h14-18,22-27,30-34,40H,19-21H2,1-13H3,(H,41,43)(H,42,48)/t30-,31-,32-,33-,34-/m0/s1. The van der Waals surface area contributed by atoms with Crippen LogP contribution in [0, 0.1) is 23.7 Å². The number of hydrogen-bond acceptors (Lipinski definition) is 7. The number of imidazole rings is 1. The van der Waals surface area contributed by atoms with Crippen molar-refractivity contribution in [1.82, 2.24) is 40.2 Å². The third-order valence-corrected chi connectivity index (χ3v) is 9.83. The van der Waals surface area contributed by atoms with Crippen molar-refractivity contribution < 1.29 is 24.0 Å². The lowest BCUT2D eigenvalue weighted by molar-refractivity contribution is -0.156. The third-order valence-electron chi connectivity index (χ3n) is 9.83. The first kappa shape index (κ1) is 43.9. The van der Waals surface area contributed by atoms with Gasteiger partial charge in [-0.25, -0.2) is 4.98 Å². The minimum atomic E-state index is -0.976. The average Bonchev–Trinajstić information content (AvgIpc) is 3.60. The summed E-state index contributed by atoms with van der Waals surface area (Å²) < 4.78 is 0. The fourth-order valence-electron chi connectivity index (χ4n) is 6.97. The monoisotopic (exact) mass is 724 g/mol. The molecule has 0 radical (unpaired) electrons. The number of nitrogens with zero attached hydrogens (tertiary/aromatic N) is 5. The van der Waals surface area contributed by atoms with E-state index >= 15 is 0 Å². The molecule has 0 fully saturated rings. The summed E-state index contributed by atoms with van der Waals surface area (Å²) in [6, 6.07) is 5.41. The molecule has 1 aromatic heterocycles. The zero-order valence-corrected chi connectivity index (χ0v) is 33.6. The molecule has 0 saturated heterocycles. The van der Waals surface area contributed by atoms with Gasteiger partial charge >= 0.3 is 0 Å². The van der Waals surface area contributed by atoms with Crippen LogP contribution >= 0.6 is 0 Å². The van der Waals surface area contributed by atoms with Gasteiger partial charge in [0.15, 0.2) is 0 Å². The van der Waals surface area contributed by atoms with E-state index in [1.54, 1.807) is 47.8 Å². The Morgan fingerprint density at radius 3 is 1.63 bits per heavy atom. The molecule has 3 N–H and O–H groups in total. The Morgan fingerprint density at radius 1 is 0.673 bits per heavy atom. The number of carbonyl (C=O) groups excluding carboxylic acids is 5. The normalized spacial score (nSPS) is 14.5. The summed E-state index contributed by atoms with van der Waals surface area (Å²) in [5.74, 6) is -2.46. The number of aromatic amines is 1. The number of benzene rings is 1. The van der Waals surface area contributed by atoms with Gasteiger partial charge in [-0.1, -0.05) is 85.7 Å². The molecule has 0 spiro atoms. The number of aromatic nitrogens is 2. The zero-order chi connectivity index (χ0) is 39.4. The Morgan fingerprint density at radius 2 is 1.17 bits per heavy atom. The Balaban J connectivity index is 2.45. The summed E-state index contributed by atoms with van der Waals surface area (Å²) in [4.78, 5) is 83.3. The lowest BCUT2D eigenvalue weighted by atomic mass is 9.94. The van der Waals surface area contributed by atoms with Crippen LogP contribution in [0.4, 0.5) is 0 Å². The first-order valence-electron chi connectivity index (χ1n) is 18.4. The van der Waals surface area contributed by atoms with Gasteiger partial charge in [-0.15, -0.1) is 0 Å². The zero-order valence-electron chi connectivity index (χ0n) is 33.6. The van der Waals surface area contributed by atoms with Crippen LogP contribution in [0.5, 0.6) is 0 Å². The molecule has 0 aliphatic rings. The average molecular weight is 725 g/mol. The molecule has 5 amide bonds. The fourth-order valence-corrected chi connectivity index (χ4v) is 6.97. The summed E-state index contributed by atoms with van der Waals surface area (Å²) in [5.41, 5.74) is 1.72. The summed E-state index contributed by atoms with van der Waals surface area (Å²) >= 11 is 0. The molecule has 290 valence electrons. The number of nitrogens with one attached hydrogen (secondary N) is 3. The van der Waals surface area contributed by atoms with Crippen molar-refractivity contribution in [2.45, 2.75) is 98.4 Å². The Bertz CT molecular complexity index is 1450. The van der Waals surface area contributed by atoms with Crippen molar-refractivity contribution >= 4 is 29.5 Å². The van der Waals surface area contributed by atoms with Crippen LogP contribution < -0.4 is 10.6 Å². The van der Waals surface area contributed by atoms with Crippen molar-refractivity contribution in [1.29, 1.82) is 0 Å². The van der Waals surface area contributed by atoms with Crippen LogP contribution in [0.1, 0.15) is 66.6 Å². The van der Waals surface area contributed by atoms with Crippen LogP contribution in [0.2, 0.25) is 0 Å². The van der Waals surface area contributed by atoms with Crippen molar-refractivity contribution in [3.63, 3.8) is 0 Å². The maximum Gasteiger partial charge on any atom is 0.246 e. The van der Waals surface area contributed by atoms with E-state index in [2.05, 4.69) is 20.6 Å². The van der Waals surface area contributed by atoms with Gasteiger partial charge in [-0.3, -0.25) is 24.0 Å². The topological polar surface area (TPSA) is 151 Å². The highest BCUT2D eigenvalue weighted by molar-refractivity contribution is 5.96. The second-order valence-electron chi connectivity index (χ2n) is 15.2. The number of amides is 5. The maximum absolute atomic E-state index is 14.6. The summed E-state index contributed by atoms with van der Waals surface area (Å²) in [6.07, 6.45) is 4.04. The lowest BCUT2D eigenvalue weighted by Gasteiger charge is -2.41. The van der Waals surface area contributed by atoms with Gasteiger partial charge in [0.2, 0.25) is 29.5 Å². The van der Waals surface area contributed by atoms with Crippen molar-refractivity contribution in [3.05, 3.63) is 54.1 Å². The van der Waals surface area contributed by atoms with E-state index in [9.17, 15) is 24.0 Å². The van der Waals surface area contributed by atoms with Gasteiger partial charge < -0.3 is 35.2 Å². The predicted octanol–water partition coefficient (Wildman–Crippen LogP) is 2.83. The molecule has 2 aromatic rings. The highest BCUT2D eigenvalue weighted by atomic mass is 16.2. The highest BCUT2D eigenvalue weighted by Gasteiger charge is 2.43. The first-order valence-corrected chi connectivity index (χ1v) is 18.4. The number of carbonyl (C=O) groups is 5. The molecule has 0 bridgehead atoms. The minimum Gasteiger partial charge on any atom is -0.354 e. The molecule has 13 heteroatoms. The van der Waals surface area contributed by atoms with E-state index in [-0.39, 0.29) is 47.8 Å². The molecule has 0 saturated carbocycles. The largest absolute Gasteiger partial charge is 0.354 e. The van der Waals surface area contributed by atoms with Gasteiger partial charge in [-0.05, 0) is 36.3 Å². The number of hydrogen-bond donors (Lipinski definition) is 3. The summed E-state index contributed by atoms with van der Waals surface area (Å²) in [5, 5.41) is 6.02. The molecule has 5 atom stereocenters. The maximum atomic E-state index is 14.6. The van der Waals surface area contributed by atoms with Gasteiger partial charge in [-0.2, -0.15) is 0 Å². The predicted molar refractivity (Wildman–Crippen MR) is 204 cm³/mol. The third kappa shape index (κ3) is 11.1. The lowest BCUT2D eigenvalue weighted by Crippen LogP contribution is -2.62. The molecule has 0 unspecified atom stereocenters. The van der Waals surface area contributed by atoms with Crippen LogP contribution in [0.15, 0.2) is 42.9 Å². The van der Waals surface area contributed by atoms with E-state index in [4.69, 9.17) is 0 Å². The SMILES string of the molecule is CN[C@H](C(=O)N(C)[C@H](C(=O)N(C)[C@H](C(=O)N(C)[C@@H](Cc1ccccc1)C(=O)N(C)[C@H](C(=O)NCCc1cnc[nH]1)C(C)C)C(C)C)C(C)C)C(C)C. The number of rotatable bonds is 19. The molecule has 1 aromatic carbocycles. The number of likely N-dealkylation sites (N-methyl/N-ethyl adjacent to an activating group) is 5. The molecule has 13 nitrogen and oxygen atoms in total. The van der Waals surface area contributed by atoms with Crippen LogP contribution in [0.3, 0.4) is 0 Å². The van der Waals surface area contributed by atoms with E-state index < -0.39 is 42.0 Å². The molecule has 0 aliphatic carbocycles. The Hall–Kier alpha value is -4.26. The van der Waals surface area contributed by atoms with Gasteiger partial charge in [0.05, 0.1) is 12.4 Å². The number of H-pyrrole nitrogens is 1. The quantitative estimate of drug-likeness (QED) is 0.202. The molecule has 1 heterocycles. The van der Waals surface area contributed by atoms with Gasteiger partial charge in [0, 0.05) is 59.5 Å². The molecule has 2 rings (SSSR count). The van der Waals surface area contributed by atoms with Crippen molar-refractivity contribution in [2.24, 2.45) is 23.7 Å². The van der Waals surface area contributed by atoms with Crippen LogP contribution in [0.25, 0.3) is 0 Å². The Labute approximate surface area is 311 Å². The first-order chi connectivity index (χ1) is 24.4. The highest BCUT2D eigenvalue weighted by Crippen LogP contribution is 2.23. The van der Waals surface area contributed by atoms with E-state index in [0.717, 1.165) is 11.3 Å². The Kier molecular flexibility index (Phi) is 17.0.